The van der Waals surface area contributed by atoms with Crippen molar-refractivity contribution in [1.82, 2.24) is 0 Å². The molecule has 1 heterocycles. The van der Waals surface area contributed by atoms with Gasteiger partial charge in [-0.2, -0.15) is 0 Å². The van der Waals surface area contributed by atoms with Gasteiger partial charge in [0.05, 0.1) is 12.0 Å². The number of hydrogen-bond donors (Lipinski definition) is 0. The van der Waals surface area contributed by atoms with Gasteiger partial charge in [0.1, 0.15) is 5.75 Å². The van der Waals surface area contributed by atoms with E-state index >= 15 is 0 Å². The zero-order chi connectivity index (χ0) is 14.8. The molecule has 0 unspecified atom stereocenters. The standard InChI is InChI=1S/C17H14O2S2/c1-19-12-5-8-14-15(10-12)21-16(17(14)18)9-11-3-6-13(20-2)7-4-11/h3-10H,1-2H3/b16-9+. The van der Waals surface area contributed by atoms with Crippen LogP contribution in [-0.2, 0) is 0 Å². The minimum Gasteiger partial charge on any atom is -0.497 e. The molecule has 0 aliphatic carbocycles. The highest BCUT2D eigenvalue weighted by molar-refractivity contribution is 8.04. The Morgan fingerprint density at radius 3 is 2.57 bits per heavy atom. The van der Waals surface area contributed by atoms with Crippen LogP contribution in [0.1, 0.15) is 15.9 Å². The minimum atomic E-state index is 0.0894. The average Bonchev–Trinajstić information content (AvgIpc) is 2.83. The number of hydrogen-bond acceptors (Lipinski definition) is 4. The number of thioether (sulfide) groups is 2. The third-order valence-electron chi connectivity index (χ3n) is 3.29. The summed E-state index contributed by atoms with van der Waals surface area (Å²) in [5.41, 5.74) is 1.80. The molecule has 0 radical (unpaired) electrons. The maximum Gasteiger partial charge on any atom is 0.200 e. The molecular weight excluding hydrogens is 300 g/mol. The molecule has 0 saturated heterocycles. The van der Waals surface area contributed by atoms with Crippen LogP contribution in [0, 0.1) is 0 Å². The second-order valence-corrected chi connectivity index (χ2v) is 6.54. The smallest absolute Gasteiger partial charge is 0.200 e. The first-order valence-electron chi connectivity index (χ1n) is 6.47. The fourth-order valence-electron chi connectivity index (χ4n) is 2.15. The van der Waals surface area contributed by atoms with Crippen molar-refractivity contribution in [2.24, 2.45) is 0 Å². The molecule has 2 aromatic rings. The maximum atomic E-state index is 12.4. The first-order chi connectivity index (χ1) is 10.2. The lowest BCUT2D eigenvalue weighted by Gasteiger charge is -2.00. The minimum absolute atomic E-state index is 0.0894. The van der Waals surface area contributed by atoms with Crippen LogP contribution in [-0.4, -0.2) is 19.1 Å². The first kappa shape index (κ1) is 14.3. The van der Waals surface area contributed by atoms with Gasteiger partial charge in [0.15, 0.2) is 0 Å². The van der Waals surface area contributed by atoms with E-state index in [2.05, 4.69) is 12.1 Å². The molecule has 0 spiro atoms. The molecule has 2 nitrogen and oxygen atoms in total. The quantitative estimate of drug-likeness (QED) is 0.603. The number of allylic oxidation sites excluding steroid dienone is 1. The van der Waals surface area contributed by atoms with Crippen LogP contribution in [0.2, 0.25) is 0 Å². The third-order valence-corrected chi connectivity index (χ3v) is 5.12. The summed E-state index contributed by atoms with van der Waals surface area (Å²) < 4.78 is 5.21. The molecule has 1 aliphatic rings. The third kappa shape index (κ3) is 2.87. The molecule has 0 aromatic heterocycles. The number of carbonyl (C=O) groups excluding carboxylic acids is 1. The SMILES string of the molecule is COc1ccc2c(c1)S/C(=C/c1ccc(SC)cc1)C2=O. The van der Waals surface area contributed by atoms with Gasteiger partial charge in [0.25, 0.3) is 0 Å². The van der Waals surface area contributed by atoms with Crippen molar-refractivity contribution in [2.45, 2.75) is 9.79 Å². The lowest BCUT2D eigenvalue weighted by molar-refractivity contribution is 0.104. The van der Waals surface area contributed by atoms with E-state index < -0.39 is 0 Å². The Labute approximate surface area is 132 Å². The summed E-state index contributed by atoms with van der Waals surface area (Å²) in [5.74, 6) is 0.867. The van der Waals surface area contributed by atoms with E-state index in [0.29, 0.717) is 0 Å². The van der Waals surface area contributed by atoms with Crippen molar-refractivity contribution < 1.29 is 9.53 Å². The van der Waals surface area contributed by atoms with E-state index in [4.69, 9.17) is 4.74 Å². The summed E-state index contributed by atoms with van der Waals surface area (Å²) >= 11 is 3.21. The lowest BCUT2D eigenvalue weighted by atomic mass is 10.1. The Balaban J connectivity index is 1.90. The van der Waals surface area contributed by atoms with Gasteiger partial charge in [-0.25, -0.2) is 0 Å². The Morgan fingerprint density at radius 1 is 1.14 bits per heavy atom. The molecular formula is C17H14O2S2. The van der Waals surface area contributed by atoms with Crippen LogP contribution in [0.3, 0.4) is 0 Å². The van der Waals surface area contributed by atoms with E-state index in [1.54, 1.807) is 18.9 Å². The van der Waals surface area contributed by atoms with Gasteiger partial charge in [-0.3, -0.25) is 4.79 Å². The predicted octanol–water partition coefficient (Wildman–Crippen LogP) is 4.75. The molecule has 2 aromatic carbocycles. The van der Waals surface area contributed by atoms with Gasteiger partial charge in [-0.05, 0) is 48.2 Å². The summed E-state index contributed by atoms with van der Waals surface area (Å²) in [6.45, 7) is 0. The topological polar surface area (TPSA) is 26.3 Å². The number of ketones is 1. The van der Waals surface area contributed by atoms with E-state index in [1.165, 1.54) is 16.7 Å². The van der Waals surface area contributed by atoms with E-state index in [0.717, 1.165) is 26.7 Å². The number of fused-ring (bicyclic) bond motifs is 1. The molecule has 0 N–H and O–H groups in total. The Morgan fingerprint density at radius 2 is 1.90 bits per heavy atom. The largest absolute Gasteiger partial charge is 0.497 e. The molecule has 3 rings (SSSR count). The maximum absolute atomic E-state index is 12.4. The fourth-order valence-corrected chi connectivity index (χ4v) is 3.63. The second-order valence-electron chi connectivity index (χ2n) is 4.58. The van der Waals surface area contributed by atoms with Gasteiger partial charge >= 0.3 is 0 Å². The zero-order valence-electron chi connectivity index (χ0n) is 11.8. The normalized spacial score (nSPS) is 15.3. The van der Waals surface area contributed by atoms with Crippen molar-refractivity contribution in [3.8, 4) is 5.75 Å². The van der Waals surface area contributed by atoms with Crippen molar-refractivity contribution in [3.63, 3.8) is 0 Å². The lowest BCUT2D eigenvalue weighted by Crippen LogP contribution is -1.94. The number of ether oxygens (including phenoxy) is 1. The van der Waals surface area contributed by atoms with E-state index in [-0.39, 0.29) is 5.78 Å². The van der Waals surface area contributed by atoms with Gasteiger partial charge in [0.2, 0.25) is 5.78 Å². The van der Waals surface area contributed by atoms with Gasteiger partial charge in [0, 0.05) is 15.4 Å². The molecule has 0 amide bonds. The van der Waals surface area contributed by atoms with Crippen LogP contribution in [0.15, 0.2) is 57.2 Å². The van der Waals surface area contributed by atoms with Crippen LogP contribution >= 0.6 is 23.5 Å². The molecule has 4 heteroatoms. The van der Waals surface area contributed by atoms with Gasteiger partial charge < -0.3 is 4.74 Å². The number of rotatable bonds is 3. The number of carbonyl (C=O) groups is 1. The van der Waals surface area contributed by atoms with Crippen molar-refractivity contribution in [3.05, 3.63) is 58.5 Å². The molecule has 0 saturated carbocycles. The highest BCUT2D eigenvalue weighted by Crippen LogP contribution is 2.42. The number of Topliss-reactive ketones (excluding diaryl/α,β-unsaturated/α-hetero) is 1. The molecule has 106 valence electrons. The highest BCUT2D eigenvalue weighted by atomic mass is 32.2. The highest BCUT2D eigenvalue weighted by Gasteiger charge is 2.26. The monoisotopic (exact) mass is 314 g/mol. The van der Waals surface area contributed by atoms with Crippen LogP contribution in [0.5, 0.6) is 5.75 Å². The number of benzene rings is 2. The molecule has 1 aliphatic heterocycles. The van der Waals surface area contributed by atoms with Crippen molar-refractivity contribution in [2.75, 3.05) is 13.4 Å². The molecule has 21 heavy (non-hydrogen) atoms. The van der Waals surface area contributed by atoms with Gasteiger partial charge in [-0.1, -0.05) is 23.9 Å². The van der Waals surface area contributed by atoms with Crippen molar-refractivity contribution >= 4 is 35.4 Å². The summed E-state index contributed by atoms with van der Waals surface area (Å²) in [6.07, 6.45) is 4.00. The van der Waals surface area contributed by atoms with E-state index in [1.807, 2.05) is 42.7 Å². The number of methoxy groups -OCH3 is 1. The van der Waals surface area contributed by atoms with E-state index in [9.17, 15) is 4.79 Å². The Hall–Kier alpha value is -1.65. The Bertz CT molecular complexity index is 718. The Kier molecular flexibility index (Phi) is 4.08. The predicted molar refractivity (Wildman–Crippen MR) is 89.4 cm³/mol. The molecule has 0 atom stereocenters. The first-order valence-corrected chi connectivity index (χ1v) is 8.52. The summed E-state index contributed by atoms with van der Waals surface area (Å²) in [5, 5.41) is 0. The second kappa shape index (κ2) is 6.00. The van der Waals surface area contributed by atoms with Crippen LogP contribution < -0.4 is 4.74 Å². The molecule has 0 fully saturated rings. The van der Waals surface area contributed by atoms with Crippen LogP contribution in [0.25, 0.3) is 6.08 Å². The average molecular weight is 314 g/mol. The van der Waals surface area contributed by atoms with Crippen molar-refractivity contribution in [1.29, 1.82) is 0 Å². The summed E-state index contributed by atoms with van der Waals surface area (Å²) in [7, 11) is 1.63. The molecule has 0 bridgehead atoms. The zero-order valence-corrected chi connectivity index (χ0v) is 13.4. The van der Waals surface area contributed by atoms with Crippen LogP contribution in [0.4, 0.5) is 0 Å². The summed E-state index contributed by atoms with van der Waals surface area (Å²) in [6, 6.07) is 13.8. The summed E-state index contributed by atoms with van der Waals surface area (Å²) in [4.78, 5) is 15.3. The fraction of sp³-hybridized carbons (Fsp3) is 0.118. The van der Waals surface area contributed by atoms with Gasteiger partial charge in [-0.15, -0.1) is 11.8 Å².